The first-order chi connectivity index (χ1) is 9.85. The fourth-order valence-electron chi connectivity index (χ4n) is 2.80. The number of carbonyl (C=O) groups excluding carboxylic acids is 1. The van der Waals surface area contributed by atoms with Crippen molar-refractivity contribution in [3.05, 3.63) is 47.3 Å². The summed E-state index contributed by atoms with van der Waals surface area (Å²) in [5, 5.41) is 4.61. The van der Waals surface area contributed by atoms with Crippen LogP contribution in [0, 0.1) is 12.3 Å². The van der Waals surface area contributed by atoms with E-state index in [1.807, 2.05) is 41.9 Å². The molecule has 0 spiro atoms. The Labute approximate surface area is 141 Å². The number of hydrogen-bond acceptors (Lipinski definition) is 2. The van der Waals surface area contributed by atoms with Gasteiger partial charge in [0.25, 0.3) is 0 Å². The molecule has 0 bridgehead atoms. The number of para-hydroxylation sites is 1. The number of aromatic nitrogens is 2. The van der Waals surface area contributed by atoms with Crippen LogP contribution in [0.4, 0.5) is 0 Å². The Hall–Kier alpha value is -0.940. The van der Waals surface area contributed by atoms with Crippen LogP contribution in [0.1, 0.15) is 40.4 Å². The van der Waals surface area contributed by atoms with E-state index in [0.29, 0.717) is 0 Å². The summed E-state index contributed by atoms with van der Waals surface area (Å²) in [4.78, 5) is 12.6. The predicted molar refractivity (Wildman–Crippen MR) is 90.8 cm³/mol. The average Bonchev–Trinajstić information content (AvgIpc) is 2.82. The maximum atomic E-state index is 12.7. The number of hydrogen-bond donors (Lipinski definition) is 0. The molecular formula is C16H16Br2N2O. The summed E-state index contributed by atoms with van der Waals surface area (Å²) in [6.45, 7) is 6.07. The minimum atomic E-state index is -0.233. The van der Waals surface area contributed by atoms with Gasteiger partial charge in [-0.3, -0.25) is 4.79 Å². The smallest absolute Gasteiger partial charge is 0.180 e. The van der Waals surface area contributed by atoms with Gasteiger partial charge in [0.15, 0.2) is 5.78 Å². The largest absolute Gasteiger partial charge is 0.293 e. The van der Waals surface area contributed by atoms with E-state index in [1.54, 1.807) is 0 Å². The topological polar surface area (TPSA) is 34.9 Å². The van der Waals surface area contributed by atoms with E-state index in [-0.39, 0.29) is 20.9 Å². The Bertz CT molecular complexity index is 707. The SMILES string of the molecule is Cc1nn(-c2ccccc2)c2c1C(=O)[C@H](Br)C(C)(C)[C@H]2Br. The summed E-state index contributed by atoms with van der Waals surface area (Å²) in [6, 6.07) is 9.94. The summed E-state index contributed by atoms with van der Waals surface area (Å²) in [6.07, 6.45) is 0. The van der Waals surface area contributed by atoms with Gasteiger partial charge >= 0.3 is 0 Å². The third-order valence-corrected chi connectivity index (χ3v) is 7.33. The van der Waals surface area contributed by atoms with Gasteiger partial charge in [-0.25, -0.2) is 4.68 Å². The number of carbonyl (C=O) groups is 1. The Morgan fingerprint density at radius 1 is 1.14 bits per heavy atom. The standard InChI is InChI=1S/C16H16Br2N2O/c1-9-11-12(14(17)16(2,3)15(18)13(11)21)20(19-9)10-7-5-4-6-8-10/h4-8,14-15H,1-3H3/t14-,15-/m0/s1. The second-order valence-electron chi connectivity index (χ2n) is 6.00. The molecule has 2 atom stereocenters. The van der Waals surface area contributed by atoms with Crippen molar-refractivity contribution >= 4 is 37.6 Å². The molecule has 1 aromatic heterocycles. The lowest BCUT2D eigenvalue weighted by Crippen LogP contribution is -2.40. The van der Waals surface area contributed by atoms with Crippen LogP contribution in [-0.2, 0) is 0 Å². The summed E-state index contributed by atoms with van der Waals surface area (Å²) in [5.74, 6) is 0.116. The average molecular weight is 412 g/mol. The molecule has 1 heterocycles. The second kappa shape index (κ2) is 5.06. The van der Waals surface area contributed by atoms with Crippen LogP contribution in [0.3, 0.4) is 0 Å². The Morgan fingerprint density at radius 2 is 1.76 bits per heavy atom. The summed E-state index contributed by atoms with van der Waals surface area (Å²) in [5.41, 5.74) is 3.21. The van der Waals surface area contributed by atoms with E-state index in [4.69, 9.17) is 0 Å². The number of Topliss-reactive ketones (excluding diaryl/α,β-unsaturated/α-hetero) is 1. The van der Waals surface area contributed by atoms with Crippen LogP contribution < -0.4 is 0 Å². The van der Waals surface area contributed by atoms with Crippen molar-refractivity contribution < 1.29 is 4.79 Å². The molecule has 110 valence electrons. The minimum Gasteiger partial charge on any atom is -0.293 e. The third-order valence-electron chi connectivity index (χ3n) is 4.12. The van der Waals surface area contributed by atoms with Crippen molar-refractivity contribution in [3.63, 3.8) is 0 Å². The molecule has 1 aliphatic rings. The predicted octanol–water partition coefficient (Wildman–Crippen LogP) is 4.60. The molecule has 21 heavy (non-hydrogen) atoms. The van der Waals surface area contributed by atoms with Crippen LogP contribution in [0.5, 0.6) is 0 Å². The number of fused-ring (bicyclic) bond motifs is 1. The van der Waals surface area contributed by atoms with Gasteiger partial charge in [-0.15, -0.1) is 0 Å². The van der Waals surface area contributed by atoms with Crippen LogP contribution in [0.15, 0.2) is 30.3 Å². The van der Waals surface area contributed by atoms with Gasteiger partial charge in [0.05, 0.1) is 32.3 Å². The maximum absolute atomic E-state index is 12.7. The first-order valence-electron chi connectivity index (χ1n) is 6.83. The summed E-state index contributed by atoms with van der Waals surface area (Å²) in [7, 11) is 0. The zero-order chi connectivity index (χ0) is 15.4. The molecule has 3 nitrogen and oxygen atoms in total. The molecule has 1 aromatic carbocycles. The van der Waals surface area contributed by atoms with Crippen molar-refractivity contribution in [1.82, 2.24) is 9.78 Å². The zero-order valence-electron chi connectivity index (χ0n) is 12.1. The quantitative estimate of drug-likeness (QED) is 0.642. The molecule has 0 saturated heterocycles. The highest BCUT2D eigenvalue weighted by molar-refractivity contribution is 9.10. The molecule has 0 fully saturated rings. The summed E-state index contributed by atoms with van der Waals surface area (Å²) >= 11 is 7.36. The van der Waals surface area contributed by atoms with Gasteiger partial charge in [0.2, 0.25) is 0 Å². The lowest BCUT2D eigenvalue weighted by Gasteiger charge is -2.38. The fraction of sp³-hybridized carbons (Fsp3) is 0.375. The number of halogens is 2. The Kier molecular flexibility index (Phi) is 3.61. The first-order valence-corrected chi connectivity index (χ1v) is 8.66. The van der Waals surface area contributed by atoms with Crippen molar-refractivity contribution in [1.29, 1.82) is 0 Å². The number of nitrogens with zero attached hydrogens (tertiary/aromatic N) is 2. The number of rotatable bonds is 1. The lowest BCUT2D eigenvalue weighted by atomic mass is 9.75. The minimum absolute atomic E-state index is 0.0449. The van der Waals surface area contributed by atoms with Crippen molar-refractivity contribution in [2.45, 2.75) is 30.4 Å². The molecule has 0 N–H and O–H groups in total. The molecule has 2 aromatic rings. The van der Waals surface area contributed by atoms with Gasteiger partial charge in [-0.1, -0.05) is 63.9 Å². The van der Waals surface area contributed by atoms with E-state index in [2.05, 4.69) is 50.8 Å². The summed E-state index contributed by atoms with van der Waals surface area (Å²) < 4.78 is 1.89. The van der Waals surface area contributed by atoms with Crippen LogP contribution in [0.25, 0.3) is 5.69 Å². The van der Waals surface area contributed by atoms with Crippen LogP contribution in [0.2, 0.25) is 0 Å². The van der Waals surface area contributed by atoms with E-state index >= 15 is 0 Å². The molecule has 5 heteroatoms. The molecule has 0 unspecified atom stereocenters. The van der Waals surface area contributed by atoms with Crippen molar-refractivity contribution in [2.24, 2.45) is 5.41 Å². The number of benzene rings is 1. The molecule has 3 rings (SSSR count). The molecule has 0 radical (unpaired) electrons. The number of ketones is 1. The Balaban J connectivity index is 2.28. The van der Waals surface area contributed by atoms with E-state index in [0.717, 1.165) is 22.6 Å². The van der Waals surface area contributed by atoms with Gasteiger partial charge in [0.1, 0.15) is 0 Å². The highest BCUT2D eigenvalue weighted by atomic mass is 79.9. The second-order valence-corrected chi connectivity index (χ2v) is 7.84. The van der Waals surface area contributed by atoms with E-state index < -0.39 is 0 Å². The maximum Gasteiger partial charge on any atom is 0.180 e. The zero-order valence-corrected chi connectivity index (χ0v) is 15.3. The fourth-order valence-corrected chi connectivity index (χ4v) is 4.33. The monoisotopic (exact) mass is 410 g/mol. The van der Waals surface area contributed by atoms with Gasteiger partial charge in [-0.2, -0.15) is 5.10 Å². The van der Waals surface area contributed by atoms with Gasteiger partial charge < -0.3 is 0 Å². The van der Waals surface area contributed by atoms with Gasteiger partial charge in [0, 0.05) is 5.41 Å². The van der Waals surface area contributed by atoms with Crippen LogP contribution in [-0.4, -0.2) is 20.4 Å². The number of aryl methyl sites for hydroxylation is 1. The molecule has 0 amide bonds. The normalized spacial score (nSPS) is 24.0. The van der Waals surface area contributed by atoms with E-state index in [1.165, 1.54) is 0 Å². The molecule has 0 saturated carbocycles. The van der Waals surface area contributed by atoms with Gasteiger partial charge in [-0.05, 0) is 19.1 Å². The highest BCUT2D eigenvalue weighted by Gasteiger charge is 2.48. The lowest BCUT2D eigenvalue weighted by molar-refractivity contribution is 0.0926. The molecule has 0 aliphatic heterocycles. The molecule has 1 aliphatic carbocycles. The van der Waals surface area contributed by atoms with Crippen LogP contribution >= 0.6 is 31.9 Å². The number of alkyl halides is 2. The van der Waals surface area contributed by atoms with E-state index in [9.17, 15) is 4.79 Å². The first kappa shape index (κ1) is 15.0. The molecular weight excluding hydrogens is 396 g/mol. The van der Waals surface area contributed by atoms with Crippen molar-refractivity contribution in [2.75, 3.05) is 0 Å². The van der Waals surface area contributed by atoms with Crippen molar-refractivity contribution in [3.8, 4) is 5.69 Å². The highest BCUT2D eigenvalue weighted by Crippen LogP contribution is 2.52. The Morgan fingerprint density at radius 3 is 2.38 bits per heavy atom. The third kappa shape index (κ3) is 2.13.